The van der Waals surface area contributed by atoms with E-state index in [0.29, 0.717) is 18.4 Å². The molecule has 2 heterocycles. The Morgan fingerprint density at radius 3 is 2.32 bits per heavy atom. The fourth-order valence-electron chi connectivity index (χ4n) is 4.37. The quantitative estimate of drug-likeness (QED) is 0.776. The van der Waals surface area contributed by atoms with Gasteiger partial charge in [0, 0.05) is 23.0 Å². The molecule has 0 unspecified atom stereocenters. The Kier molecular flexibility index (Phi) is 5.02. The van der Waals surface area contributed by atoms with Crippen LogP contribution in [0.25, 0.3) is 0 Å². The second kappa shape index (κ2) is 6.99. The molecule has 0 bridgehead atoms. The molecule has 0 aromatic carbocycles. The molecule has 0 radical (unpaired) electrons. The van der Waals surface area contributed by atoms with E-state index in [-0.39, 0.29) is 0 Å². The molecule has 3 rings (SSSR count). The second-order valence-electron chi connectivity index (χ2n) is 7.21. The number of hydrogen-bond acceptors (Lipinski definition) is 2. The lowest BCUT2D eigenvalue weighted by atomic mass is 10.1. The van der Waals surface area contributed by atoms with Crippen LogP contribution in [-0.2, 0) is 0 Å². The first kappa shape index (κ1) is 15.8. The van der Waals surface area contributed by atoms with Crippen molar-refractivity contribution in [2.45, 2.75) is 71.3 Å². The molecule has 1 saturated heterocycles. The first-order chi connectivity index (χ1) is 10.7. The summed E-state index contributed by atoms with van der Waals surface area (Å²) >= 11 is 0. The summed E-state index contributed by atoms with van der Waals surface area (Å²) in [4.78, 5) is 15.1. The van der Waals surface area contributed by atoms with Crippen molar-refractivity contribution in [1.29, 1.82) is 0 Å². The van der Waals surface area contributed by atoms with Crippen LogP contribution < -0.4 is 0 Å². The minimum Gasteiger partial charge on any atom is -0.345 e. The minimum atomic E-state index is 0.319. The van der Waals surface area contributed by atoms with Crippen LogP contribution in [0, 0.1) is 13.8 Å². The van der Waals surface area contributed by atoms with Crippen molar-refractivity contribution < 1.29 is 4.79 Å². The van der Waals surface area contributed by atoms with Crippen LogP contribution in [0.15, 0.2) is 6.07 Å². The molecule has 0 N–H and O–H groups in total. The molecule has 2 aliphatic rings. The average Bonchev–Trinajstić information content (AvgIpc) is 3.01. The van der Waals surface area contributed by atoms with Crippen LogP contribution in [0.5, 0.6) is 0 Å². The fraction of sp³-hybridized carbons (Fsp3) is 0.737. The molecular formula is C19H30N2O. The third-order valence-corrected chi connectivity index (χ3v) is 5.54. The lowest BCUT2D eigenvalue weighted by Gasteiger charge is -2.19. The fourth-order valence-corrected chi connectivity index (χ4v) is 4.37. The predicted molar refractivity (Wildman–Crippen MR) is 90.6 cm³/mol. The number of nitrogens with zero attached hydrogens (tertiary/aromatic N) is 2. The average molecular weight is 302 g/mol. The third-order valence-electron chi connectivity index (χ3n) is 5.54. The monoisotopic (exact) mass is 302 g/mol. The van der Waals surface area contributed by atoms with Gasteiger partial charge >= 0.3 is 0 Å². The number of likely N-dealkylation sites (tertiary alicyclic amines) is 1. The molecule has 22 heavy (non-hydrogen) atoms. The maximum absolute atomic E-state index is 12.8. The van der Waals surface area contributed by atoms with Crippen LogP contribution in [0.3, 0.4) is 0 Å². The summed E-state index contributed by atoms with van der Waals surface area (Å²) in [6.45, 7) is 7.09. The van der Waals surface area contributed by atoms with Crippen molar-refractivity contribution in [3.05, 3.63) is 23.0 Å². The number of rotatable bonds is 4. The Morgan fingerprint density at radius 1 is 1.05 bits per heavy atom. The number of aryl methyl sites for hydroxylation is 1. The molecule has 2 fully saturated rings. The van der Waals surface area contributed by atoms with Gasteiger partial charge in [-0.2, -0.15) is 0 Å². The summed E-state index contributed by atoms with van der Waals surface area (Å²) in [7, 11) is 0. The summed E-state index contributed by atoms with van der Waals surface area (Å²) < 4.78 is 2.43. The van der Waals surface area contributed by atoms with Gasteiger partial charge in [0.2, 0.25) is 0 Å². The smallest absolute Gasteiger partial charge is 0.178 e. The molecule has 1 aliphatic carbocycles. The maximum atomic E-state index is 12.8. The Bertz CT molecular complexity index is 518. The van der Waals surface area contributed by atoms with E-state index in [9.17, 15) is 4.79 Å². The highest BCUT2D eigenvalue weighted by Gasteiger charge is 2.24. The number of Topliss-reactive ketones (excluding diaryl/α,β-unsaturated/α-hetero) is 1. The normalized spacial score (nSPS) is 21.2. The van der Waals surface area contributed by atoms with Gasteiger partial charge < -0.3 is 4.57 Å². The van der Waals surface area contributed by atoms with E-state index in [1.165, 1.54) is 62.8 Å². The van der Waals surface area contributed by atoms with Gasteiger partial charge in [0.25, 0.3) is 0 Å². The van der Waals surface area contributed by atoms with Crippen LogP contribution >= 0.6 is 0 Å². The Labute approximate surface area is 134 Å². The molecule has 3 nitrogen and oxygen atoms in total. The van der Waals surface area contributed by atoms with Gasteiger partial charge in [0.05, 0.1) is 6.54 Å². The first-order valence-corrected chi connectivity index (χ1v) is 9.11. The zero-order chi connectivity index (χ0) is 15.5. The minimum absolute atomic E-state index is 0.319. The zero-order valence-corrected chi connectivity index (χ0v) is 14.2. The van der Waals surface area contributed by atoms with Gasteiger partial charge in [-0.3, -0.25) is 9.69 Å². The van der Waals surface area contributed by atoms with Gasteiger partial charge in [0.15, 0.2) is 5.78 Å². The summed E-state index contributed by atoms with van der Waals surface area (Å²) in [6.07, 6.45) is 10.3. The summed E-state index contributed by atoms with van der Waals surface area (Å²) in [6, 6.07) is 2.76. The van der Waals surface area contributed by atoms with E-state index in [1.807, 2.05) is 0 Å². The molecule has 0 atom stereocenters. The molecule has 1 saturated carbocycles. The zero-order valence-electron chi connectivity index (χ0n) is 14.2. The van der Waals surface area contributed by atoms with Gasteiger partial charge in [-0.25, -0.2) is 0 Å². The highest BCUT2D eigenvalue weighted by Crippen LogP contribution is 2.33. The van der Waals surface area contributed by atoms with Crippen LogP contribution in [0.4, 0.5) is 0 Å². The highest BCUT2D eigenvalue weighted by atomic mass is 16.1. The molecule has 1 aromatic heterocycles. The van der Waals surface area contributed by atoms with Crippen LogP contribution in [0.2, 0.25) is 0 Å². The van der Waals surface area contributed by atoms with E-state index in [1.54, 1.807) is 0 Å². The summed E-state index contributed by atoms with van der Waals surface area (Å²) in [5, 5.41) is 0. The van der Waals surface area contributed by atoms with E-state index in [4.69, 9.17) is 0 Å². The van der Waals surface area contributed by atoms with E-state index >= 15 is 0 Å². The molecule has 1 aromatic rings. The topological polar surface area (TPSA) is 25.2 Å². The van der Waals surface area contributed by atoms with Crippen molar-refractivity contribution in [2.24, 2.45) is 0 Å². The summed E-state index contributed by atoms with van der Waals surface area (Å²) in [5.74, 6) is 0.319. The number of carbonyl (C=O) groups is 1. The van der Waals surface area contributed by atoms with E-state index in [2.05, 4.69) is 29.4 Å². The van der Waals surface area contributed by atoms with Gasteiger partial charge in [-0.1, -0.05) is 25.7 Å². The maximum Gasteiger partial charge on any atom is 0.178 e. The van der Waals surface area contributed by atoms with E-state index < -0.39 is 0 Å². The van der Waals surface area contributed by atoms with Crippen molar-refractivity contribution in [2.75, 3.05) is 19.6 Å². The number of aromatic nitrogens is 1. The van der Waals surface area contributed by atoms with Crippen molar-refractivity contribution in [3.8, 4) is 0 Å². The lowest BCUT2D eigenvalue weighted by molar-refractivity contribution is 0.0932. The van der Waals surface area contributed by atoms with Gasteiger partial charge in [-0.15, -0.1) is 0 Å². The van der Waals surface area contributed by atoms with Crippen molar-refractivity contribution in [3.63, 3.8) is 0 Å². The van der Waals surface area contributed by atoms with Crippen LogP contribution in [0.1, 0.15) is 79.2 Å². The molecule has 122 valence electrons. The van der Waals surface area contributed by atoms with Gasteiger partial charge in [-0.05, 0) is 58.7 Å². The van der Waals surface area contributed by atoms with Crippen LogP contribution in [-0.4, -0.2) is 34.9 Å². The first-order valence-electron chi connectivity index (χ1n) is 9.11. The molecule has 3 heteroatoms. The molecule has 0 amide bonds. The number of hydrogen-bond donors (Lipinski definition) is 0. The lowest BCUT2D eigenvalue weighted by Crippen LogP contribution is -2.31. The molecule has 1 aliphatic heterocycles. The van der Waals surface area contributed by atoms with Gasteiger partial charge in [0.1, 0.15) is 0 Å². The largest absolute Gasteiger partial charge is 0.345 e. The SMILES string of the molecule is Cc1cc(C(=O)CN2CCCCCC2)c(C)n1C1CCCC1. The Balaban J connectivity index is 1.73. The Morgan fingerprint density at radius 2 is 1.68 bits per heavy atom. The van der Waals surface area contributed by atoms with Crippen molar-refractivity contribution >= 4 is 5.78 Å². The van der Waals surface area contributed by atoms with E-state index in [0.717, 1.165) is 18.7 Å². The number of carbonyl (C=O) groups excluding carboxylic acids is 1. The molecular weight excluding hydrogens is 272 g/mol. The second-order valence-corrected chi connectivity index (χ2v) is 7.21. The predicted octanol–water partition coefficient (Wildman–Crippen LogP) is 4.28. The molecule has 0 spiro atoms. The number of ketones is 1. The standard InChI is InChI=1S/C19H30N2O/c1-15-13-18(16(2)21(15)17-9-5-6-10-17)19(22)14-20-11-7-3-4-8-12-20/h13,17H,3-12,14H2,1-2H3. The summed E-state index contributed by atoms with van der Waals surface area (Å²) in [5.41, 5.74) is 3.43. The van der Waals surface area contributed by atoms with Crippen molar-refractivity contribution in [1.82, 2.24) is 9.47 Å². The third kappa shape index (κ3) is 3.29. The highest BCUT2D eigenvalue weighted by molar-refractivity contribution is 5.99. The Hall–Kier alpha value is -1.09.